The second-order valence-corrected chi connectivity index (χ2v) is 9.32. The summed E-state index contributed by atoms with van der Waals surface area (Å²) in [5.41, 5.74) is 4.41. The molecule has 0 amide bonds. The number of morpholine rings is 1. The number of nitrogens with zero attached hydrogens (tertiary/aromatic N) is 3. The molecule has 4 aromatic rings. The van der Waals surface area contributed by atoms with Crippen LogP contribution in [0.5, 0.6) is 0 Å². The quantitative estimate of drug-likeness (QED) is 0.453. The summed E-state index contributed by atoms with van der Waals surface area (Å²) in [6.45, 7) is 6.19. The van der Waals surface area contributed by atoms with Crippen molar-refractivity contribution in [2.45, 2.75) is 19.5 Å². The second kappa shape index (κ2) is 9.47. The van der Waals surface area contributed by atoms with Gasteiger partial charge in [0.15, 0.2) is 0 Å². The van der Waals surface area contributed by atoms with Gasteiger partial charge in [-0.15, -0.1) is 11.3 Å². The second-order valence-electron chi connectivity index (χ2n) is 8.47. The maximum Gasteiger partial charge on any atom is 0.260 e. The molecule has 0 aliphatic carbocycles. The Hall–Kier alpha value is -3.00. The number of H-pyrrole nitrogens is 1. The monoisotopic (exact) mass is 460 g/mol. The number of rotatable bonds is 6. The Labute approximate surface area is 197 Å². The molecular formula is C26H28N4O2S. The minimum Gasteiger partial charge on any atom is -0.378 e. The Kier molecular flexibility index (Phi) is 6.26. The van der Waals surface area contributed by atoms with Crippen LogP contribution in [0.2, 0.25) is 0 Å². The zero-order valence-corrected chi connectivity index (χ0v) is 19.8. The van der Waals surface area contributed by atoms with E-state index in [0.29, 0.717) is 11.2 Å². The highest BCUT2D eigenvalue weighted by Gasteiger charge is 2.21. The number of aromatic amines is 1. The van der Waals surface area contributed by atoms with E-state index >= 15 is 0 Å². The predicted molar refractivity (Wildman–Crippen MR) is 135 cm³/mol. The van der Waals surface area contributed by atoms with E-state index in [-0.39, 0.29) is 11.6 Å². The lowest BCUT2D eigenvalue weighted by atomic mass is 10.1. The number of benzene rings is 2. The standard InChI is InChI=1S/C26H28N4O2S/c1-18(29(2)16-20-10-6-7-11-22(20)30-12-14-32-15-13-30)24-27-25(31)23-21(17-33-26(23)28-24)19-8-4-3-5-9-19/h3-11,17-18H,12-16H2,1-2H3,(H,27,28,31)/t18-/m0/s1. The molecule has 0 spiro atoms. The Morgan fingerprint density at radius 1 is 1.12 bits per heavy atom. The Balaban J connectivity index is 1.40. The van der Waals surface area contributed by atoms with Gasteiger partial charge in [-0.2, -0.15) is 0 Å². The number of nitrogens with one attached hydrogen (secondary N) is 1. The van der Waals surface area contributed by atoms with Crippen molar-refractivity contribution in [3.05, 3.63) is 81.7 Å². The summed E-state index contributed by atoms with van der Waals surface area (Å²) < 4.78 is 5.52. The maximum atomic E-state index is 13.1. The molecule has 0 saturated carbocycles. The number of anilines is 1. The van der Waals surface area contributed by atoms with E-state index in [1.165, 1.54) is 22.6 Å². The summed E-state index contributed by atoms with van der Waals surface area (Å²) in [7, 11) is 2.08. The van der Waals surface area contributed by atoms with Crippen LogP contribution in [-0.4, -0.2) is 48.2 Å². The molecule has 1 atom stereocenters. The van der Waals surface area contributed by atoms with E-state index in [1.807, 2.05) is 35.7 Å². The largest absolute Gasteiger partial charge is 0.378 e. The van der Waals surface area contributed by atoms with E-state index in [2.05, 4.69) is 53.0 Å². The highest BCUT2D eigenvalue weighted by molar-refractivity contribution is 7.17. The summed E-state index contributed by atoms with van der Waals surface area (Å²) in [6, 6.07) is 18.5. The fourth-order valence-electron chi connectivity index (χ4n) is 4.37. The van der Waals surface area contributed by atoms with E-state index in [4.69, 9.17) is 9.72 Å². The minimum atomic E-state index is -0.0796. The lowest BCUT2D eigenvalue weighted by molar-refractivity contribution is 0.122. The number of thiophene rings is 1. The third-order valence-electron chi connectivity index (χ3n) is 6.37. The van der Waals surface area contributed by atoms with E-state index < -0.39 is 0 Å². The van der Waals surface area contributed by atoms with Crippen molar-refractivity contribution in [1.82, 2.24) is 14.9 Å². The van der Waals surface area contributed by atoms with E-state index in [0.717, 1.165) is 48.8 Å². The fourth-order valence-corrected chi connectivity index (χ4v) is 5.32. The third kappa shape index (κ3) is 4.44. The van der Waals surface area contributed by atoms with Crippen LogP contribution in [0.25, 0.3) is 21.3 Å². The van der Waals surface area contributed by atoms with Crippen molar-refractivity contribution < 1.29 is 4.74 Å². The van der Waals surface area contributed by atoms with Crippen LogP contribution in [0.1, 0.15) is 24.4 Å². The van der Waals surface area contributed by atoms with Crippen LogP contribution >= 0.6 is 11.3 Å². The number of fused-ring (bicyclic) bond motifs is 1. The van der Waals surface area contributed by atoms with E-state index in [1.54, 1.807) is 0 Å². The summed E-state index contributed by atoms with van der Waals surface area (Å²) >= 11 is 1.52. The molecule has 3 heterocycles. The molecule has 33 heavy (non-hydrogen) atoms. The molecule has 1 aliphatic rings. The molecule has 170 valence electrons. The molecule has 1 saturated heterocycles. The average molecular weight is 461 g/mol. The van der Waals surface area contributed by atoms with Crippen LogP contribution in [0.3, 0.4) is 0 Å². The van der Waals surface area contributed by atoms with Crippen molar-refractivity contribution in [2.75, 3.05) is 38.3 Å². The summed E-state index contributed by atoms with van der Waals surface area (Å²) in [4.78, 5) is 26.4. The van der Waals surface area contributed by atoms with Crippen molar-refractivity contribution in [3.63, 3.8) is 0 Å². The number of hydrogen-bond donors (Lipinski definition) is 1. The lowest BCUT2D eigenvalue weighted by Gasteiger charge is -2.32. The third-order valence-corrected chi connectivity index (χ3v) is 7.24. The summed E-state index contributed by atoms with van der Waals surface area (Å²) in [6.07, 6.45) is 0. The molecule has 0 bridgehead atoms. The summed E-state index contributed by atoms with van der Waals surface area (Å²) in [5.74, 6) is 0.695. The van der Waals surface area contributed by atoms with Gasteiger partial charge in [-0.1, -0.05) is 48.5 Å². The molecule has 5 rings (SSSR count). The highest BCUT2D eigenvalue weighted by Crippen LogP contribution is 2.32. The van der Waals surface area contributed by atoms with Gasteiger partial charge in [0.1, 0.15) is 10.7 Å². The van der Waals surface area contributed by atoms with Gasteiger partial charge in [0.25, 0.3) is 5.56 Å². The van der Waals surface area contributed by atoms with Gasteiger partial charge in [-0.3, -0.25) is 9.69 Å². The molecule has 2 aromatic carbocycles. The predicted octanol–water partition coefficient (Wildman–Crippen LogP) is 4.68. The first-order valence-electron chi connectivity index (χ1n) is 11.3. The van der Waals surface area contributed by atoms with Gasteiger partial charge in [0.2, 0.25) is 0 Å². The van der Waals surface area contributed by atoms with Gasteiger partial charge >= 0.3 is 0 Å². The number of hydrogen-bond acceptors (Lipinski definition) is 6. The molecule has 6 nitrogen and oxygen atoms in total. The molecule has 0 radical (unpaired) electrons. The average Bonchev–Trinajstić information content (AvgIpc) is 3.30. The molecule has 7 heteroatoms. The van der Waals surface area contributed by atoms with Gasteiger partial charge in [-0.25, -0.2) is 4.98 Å². The molecule has 0 unspecified atom stereocenters. The normalized spacial score (nSPS) is 15.3. The van der Waals surface area contributed by atoms with Gasteiger partial charge in [0, 0.05) is 36.3 Å². The first-order valence-corrected chi connectivity index (χ1v) is 12.2. The zero-order valence-electron chi connectivity index (χ0n) is 19.0. The highest BCUT2D eigenvalue weighted by atomic mass is 32.1. The van der Waals surface area contributed by atoms with Crippen LogP contribution in [0.4, 0.5) is 5.69 Å². The molecule has 1 aliphatic heterocycles. The summed E-state index contributed by atoms with van der Waals surface area (Å²) in [5, 5.41) is 2.70. The number of ether oxygens (including phenoxy) is 1. The smallest absolute Gasteiger partial charge is 0.260 e. The lowest BCUT2D eigenvalue weighted by Crippen LogP contribution is -2.37. The molecule has 2 aromatic heterocycles. The number of aromatic nitrogens is 2. The SMILES string of the molecule is C[C@@H](c1nc2scc(-c3ccccc3)c2c(=O)[nH]1)N(C)Cc1ccccc1N1CCOCC1. The Morgan fingerprint density at radius 3 is 2.64 bits per heavy atom. The number of para-hydroxylation sites is 1. The van der Waals surface area contributed by atoms with Crippen molar-refractivity contribution >= 4 is 27.2 Å². The maximum absolute atomic E-state index is 13.1. The zero-order chi connectivity index (χ0) is 22.8. The van der Waals surface area contributed by atoms with Crippen molar-refractivity contribution in [1.29, 1.82) is 0 Å². The molecular weight excluding hydrogens is 432 g/mol. The topological polar surface area (TPSA) is 61.5 Å². The fraction of sp³-hybridized carbons (Fsp3) is 0.308. The molecule has 1 fully saturated rings. The Morgan fingerprint density at radius 2 is 1.85 bits per heavy atom. The van der Waals surface area contributed by atoms with Crippen molar-refractivity contribution in [3.8, 4) is 11.1 Å². The van der Waals surface area contributed by atoms with Crippen LogP contribution in [-0.2, 0) is 11.3 Å². The van der Waals surface area contributed by atoms with Gasteiger partial charge in [0.05, 0.1) is 24.6 Å². The first-order chi connectivity index (χ1) is 16.1. The van der Waals surface area contributed by atoms with Crippen LogP contribution in [0, 0.1) is 0 Å². The van der Waals surface area contributed by atoms with Crippen LogP contribution < -0.4 is 10.5 Å². The van der Waals surface area contributed by atoms with Gasteiger partial charge in [-0.05, 0) is 31.2 Å². The van der Waals surface area contributed by atoms with E-state index in [9.17, 15) is 4.79 Å². The van der Waals surface area contributed by atoms with Gasteiger partial charge < -0.3 is 14.6 Å². The first kappa shape index (κ1) is 21.8. The Bertz CT molecular complexity index is 1290. The minimum absolute atomic E-state index is 0.0397. The van der Waals surface area contributed by atoms with Crippen LogP contribution in [0.15, 0.2) is 64.8 Å². The van der Waals surface area contributed by atoms with Crippen molar-refractivity contribution in [2.24, 2.45) is 0 Å². The molecule has 1 N–H and O–H groups in total.